The molecule has 0 spiro atoms. The summed E-state index contributed by atoms with van der Waals surface area (Å²) in [6.07, 6.45) is 0. The van der Waals surface area contributed by atoms with Gasteiger partial charge in [0.2, 0.25) is 0 Å². The van der Waals surface area contributed by atoms with Gasteiger partial charge in [-0.15, -0.1) is 0 Å². The maximum atomic E-state index is 12.6. The van der Waals surface area contributed by atoms with Crippen LogP contribution in [-0.2, 0) is 12.0 Å². The molecule has 0 aliphatic rings. The first kappa shape index (κ1) is 18.5. The zero-order valence-corrected chi connectivity index (χ0v) is 16.0. The van der Waals surface area contributed by atoms with Crippen molar-refractivity contribution in [3.8, 4) is 0 Å². The van der Waals surface area contributed by atoms with Crippen LogP contribution in [0.2, 0.25) is 5.15 Å². The molecule has 24 heavy (non-hydrogen) atoms. The lowest BCUT2D eigenvalue weighted by Crippen LogP contribution is -2.14. The van der Waals surface area contributed by atoms with Gasteiger partial charge in [0.1, 0.15) is 5.15 Å². The van der Waals surface area contributed by atoms with Gasteiger partial charge in [-0.05, 0) is 36.0 Å². The number of nitrogens with zero attached hydrogens (tertiary/aromatic N) is 2. The third kappa shape index (κ3) is 4.18. The van der Waals surface area contributed by atoms with Crippen molar-refractivity contribution >= 4 is 23.2 Å². The molecule has 1 amide bonds. The molecule has 0 aliphatic heterocycles. The summed E-state index contributed by atoms with van der Waals surface area (Å²) in [5, 5.41) is 7.69. The number of anilines is 1. The van der Waals surface area contributed by atoms with E-state index in [0.717, 1.165) is 5.69 Å². The molecule has 2 aromatic rings. The molecule has 1 aromatic heterocycles. The Morgan fingerprint density at radius 3 is 2.33 bits per heavy atom. The van der Waals surface area contributed by atoms with E-state index in [2.05, 4.69) is 45.0 Å². The third-order valence-electron chi connectivity index (χ3n) is 3.84. The Morgan fingerprint density at radius 2 is 1.83 bits per heavy atom. The van der Waals surface area contributed by atoms with E-state index in [4.69, 9.17) is 11.6 Å². The van der Waals surface area contributed by atoms with Gasteiger partial charge in [0.25, 0.3) is 5.91 Å². The van der Waals surface area contributed by atoms with Crippen molar-refractivity contribution in [1.82, 2.24) is 9.78 Å². The fraction of sp³-hybridized carbons (Fsp3) is 0.474. The summed E-state index contributed by atoms with van der Waals surface area (Å²) >= 11 is 6.36. The first-order valence-electron chi connectivity index (χ1n) is 8.24. The minimum atomic E-state index is -0.226. The number of benzene rings is 1. The molecule has 0 saturated carbocycles. The highest BCUT2D eigenvalue weighted by atomic mass is 35.5. The highest BCUT2D eigenvalue weighted by Gasteiger charge is 2.21. The van der Waals surface area contributed by atoms with E-state index in [1.54, 1.807) is 11.6 Å². The second kappa shape index (κ2) is 6.98. The fourth-order valence-corrected chi connectivity index (χ4v) is 2.85. The van der Waals surface area contributed by atoms with Gasteiger partial charge in [0.05, 0.1) is 11.3 Å². The normalized spacial score (nSPS) is 11.8. The minimum absolute atomic E-state index is 0.0838. The van der Waals surface area contributed by atoms with Gasteiger partial charge < -0.3 is 5.32 Å². The molecular weight excluding hydrogens is 322 g/mol. The number of nitrogens with one attached hydrogen (secondary N) is 1. The van der Waals surface area contributed by atoms with Gasteiger partial charge >= 0.3 is 0 Å². The summed E-state index contributed by atoms with van der Waals surface area (Å²) in [5.41, 5.74) is 3.14. The standard InChI is InChI=1S/C19H26ClN3O/c1-12(2)11-23-17(20)16(13(3)22-23)18(24)21-15-9-7-14(8-10-15)19(4,5)6/h7-10,12H,11H2,1-6H3,(H,21,24). The van der Waals surface area contributed by atoms with E-state index in [-0.39, 0.29) is 11.3 Å². The van der Waals surface area contributed by atoms with Crippen molar-refractivity contribution in [2.45, 2.75) is 53.5 Å². The van der Waals surface area contributed by atoms with Gasteiger partial charge in [0, 0.05) is 12.2 Å². The summed E-state index contributed by atoms with van der Waals surface area (Å²) in [5.74, 6) is 0.179. The molecule has 2 rings (SSSR count). The fourth-order valence-electron chi connectivity index (χ4n) is 2.53. The first-order chi connectivity index (χ1) is 11.1. The van der Waals surface area contributed by atoms with Crippen LogP contribution >= 0.6 is 11.6 Å². The van der Waals surface area contributed by atoms with Gasteiger partial charge in [-0.2, -0.15) is 5.10 Å². The van der Waals surface area contributed by atoms with Crippen molar-refractivity contribution in [3.05, 3.63) is 46.2 Å². The summed E-state index contributed by atoms with van der Waals surface area (Å²) in [6.45, 7) is 13.1. The highest BCUT2D eigenvalue weighted by molar-refractivity contribution is 6.33. The van der Waals surface area contributed by atoms with Crippen LogP contribution in [-0.4, -0.2) is 15.7 Å². The van der Waals surface area contributed by atoms with E-state index in [1.807, 2.05) is 24.3 Å². The Bertz CT molecular complexity index is 724. The molecule has 0 saturated heterocycles. The van der Waals surface area contributed by atoms with Gasteiger partial charge in [-0.3, -0.25) is 9.48 Å². The Balaban J connectivity index is 2.20. The van der Waals surface area contributed by atoms with Crippen LogP contribution in [0.5, 0.6) is 0 Å². The summed E-state index contributed by atoms with van der Waals surface area (Å²) < 4.78 is 1.69. The van der Waals surface area contributed by atoms with Crippen LogP contribution in [0.1, 0.15) is 56.2 Å². The number of rotatable bonds is 4. The summed E-state index contributed by atoms with van der Waals surface area (Å²) in [4.78, 5) is 12.6. The van der Waals surface area contributed by atoms with E-state index < -0.39 is 0 Å². The van der Waals surface area contributed by atoms with E-state index in [0.29, 0.717) is 28.9 Å². The topological polar surface area (TPSA) is 46.9 Å². The second-order valence-corrected chi connectivity index (χ2v) is 7.97. The number of amides is 1. The molecule has 4 nitrogen and oxygen atoms in total. The Labute approximate surface area is 149 Å². The lowest BCUT2D eigenvalue weighted by molar-refractivity contribution is 0.102. The lowest BCUT2D eigenvalue weighted by Gasteiger charge is -2.19. The van der Waals surface area contributed by atoms with Crippen molar-refractivity contribution in [2.24, 2.45) is 5.92 Å². The number of aromatic nitrogens is 2. The third-order valence-corrected chi connectivity index (χ3v) is 4.22. The van der Waals surface area contributed by atoms with E-state index in [1.165, 1.54) is 5.56 Å². The zero-order chi connectivity index (χ0) is 18.1. The van der Waals surface area contributed by atoms with E-state index >= 15 is 0 Å². The SMILES string of the molecule is Cc1nn(CC(C)C)c(Cl)c1C(=O)Nc1ccc(C(C)(C)C)cc1. The number of hydrogen-bond acceptors (Lipinski definition) is 2. The largest absolute Gasteiger partial charge is 0.322 e. The summed E-state index contributed by atoms with van der Waals surface area (Å²) in [6, 6.07) is 7.90. The number of halogens is 1. The molecule has 0 bridgehead atoms. The van der Waals surface area contributed by atoms with Crippen molar-refractivity contribution in [3.63, 3.8) is 0 Å². The first-order valence-corrected chi connectivity index (χ1v) is 8.62. The quantitative estimate of drug-likeness (QED) is 0.841. The highest BCUT2D eigenvalue weighted by Crippen LogP contribution is 2.25. The molecule has 1 N–H and O–H groups in total. The van der Waals surface area contributed by atoms with Crippen LogP contribution < -0.4 is 5.32 Å². The average molecular weight is 348 g/mol. The second-order valence-electron chi connectivity index (χ2n) is 7.61. The average Bonchev–Trinajstić information content (AvgIpc) is 2.72. The maximum absolute atomic E-state index is 12.6. The van der Waals surface area contributed by atoms with E-state index in [9.17, 15) is 4.79 Å². The lowest BCUT2D eigenvalue weighted by atomic mass is 9.87. The van der Waals surface area contributed by atoms with Crippen LogP contribution in [0.4, 0.5) is 5.69 Å². The molecule has 1 aromatic carbocycles. The smallest absolute Gasteiger partial charge is 0.260 e. The van der Waals surface area contributed by atoms with Gasteiger partial charge in [0.15, 0.2) is 0 Å². The summed E-state index contributed by atoms with van der Waals surface area (Å²) in [7, 11) is 0. The Kier molecular flexibility index (Phi) is 5.38. The van der Waals surface area contributed by atoms with Gasteiger partial charge in [-0.1, -0.05) is 58.4 Å². The molecule has 0 aliphatic carbocycles. The molecule has 0 atom stereocenters. The number of carbonyl (C=O) groups is 1. The van der Waals surface area contributed by atoms with Crippen molar-refractivity contribution < 1.29 is 4.79 Å². The van der Waals surface area contributed by atoms with Crippen molar-refractivity contribution in [1.29, 1.82) is 0 Å². The number of aryl methyl sites for hydroxylation is 1. The Morgan fingerprint density at radius 1 is 1.25 bits per heavy atom. The van der Waals surface area contributed by atoms with Gasteiger partial charge in [-0.25, -0.2) is 0 Å². The van der Waals surface area contributed by atoms with Crippen LogP contribution in [0.15, 0.2) is 24.3 Å². The molecule has 5 heteroatoms. The van der Waals surface area contributed by atoms with Crippen LogP contribution in [0, 0.1) is 12.8 Å². The monoisotopic (exact) mass is 347 g/mol. The van der Waals surface area contributed by atoms with Crippen LogP contribution in [0.3, 0.4) is 0 Å². The minimum Gasteiger partial charge on any atom is -0.322 e. The molecule has 0 radical (unpaired) electrons. The Hall–Kier alpha value is -1.81. The predicted octanol–water partition coefficient (Wildman–Crippen LogP) is 5.05. The molecular formula is C19H26ClN3O. The number of hydrogen-bond donors (Lipinski definition) is 1. The molecule has 1 heterocycles. The predicted molar refractivity (Wildman–Crippen MR) is 99.9 cm³/mol. The molecule has 0 fully saturated rings. The van der Waals surface area contributed by atoms with Crippen molar-refractivity contribution in [2.75, 3.05) is 5.32 Å². The zero-order valence-electron chi connectivity index (χ0n) is 15.3. The maximum Gasteiger partial charge on any atom is 0.260 e. The molecule has 0 unspecified atom stereocenters. The van der Waals surface area contributed by atoms with Crippen LogP contribution in [0.25, 0.3) is 0 Å². The number of carbonyl (C=O) groups excluding carboxylic acids is 1. The molecule has 130 valence electrons.